The Labute approximate surface area is 151 Å². The highest BCUT2D eigenvalue weighted by Crippen LogP contribution is 2.37. The second-order valence-electron chi connectivity index (χ2n) is 8.37. The van der Waals surface area contributed by atoms with Gasteiger partial charge >= 0.3 is 0 Å². The van der Waals surface area contributed by atoms with E-state index in [0.717, 1.165) is 37.5 Å². The van der Waals surface area contributed by atoms with Crippen molar-refractivity contribution in [1.82, 2.24) is 0 Å². The monoisotopic (exact) mass is 330 g/mol. The molecule has 2 unspecified atom stereocenters. The van der Waals surface area contributed by atoms with Gasteiger partial charge in [-0.1, -0.05) is 56.9 Å². The number of allylic oxidation sites excluding steroid dienone is 2. The molecule has 2 atom stereocenters. The second-order valence-corrected chi connectivity index (χ2v) is 9.26. The van der Waals surface area contributed by atoms with Gasteiger partial charge in [-0.15, -0.1) is 0 Å². The summed E-state index contributed by atoms with van der Waals surface area (Å²) >= 11 is 4.59. The maximum atomic E-state index is 6.19. The summed E-state index contributed by atoms with van der Waals surface area (Å²) in [6.07, 6.45) is 14.7. The van der Waals surface area contributed by atoms with Crippen LogP contribution in [0, 0.1) is 17.8 Å². The molecule has 2 saturated carbocycles. The van der Waals surface area contributed by atoms with Crippen LogP contribution in [0.1, 0.15) is 84.0 Å². The topological polar surface area (TPSA) is 0 Å². The molecule has 0 bridgehead atoms. The van der Waals surface area contributed by atoms with Gasteiger partial charge < -0.3 is 0 Å². The lowest BCUT2D eigenvalue weighted by molar-refractivity contribution is 0.309. The first-order valence-corrected chi connectivity index (χ1v) is 10.2. The van der Waals surface area contributed by atoms with E-state index < -0.39 is 0 Å². The molecule has 128 valence electrons. The summed E-state index contributed by atoms with van der Waals surface area (Å²) in [7, 11) is 6.19. The lowest BCUT2D eigenvalue weighted by Gasteiger charge is -2.31. The van der Waals surface area contributed by atoms with Gasteiger partial charge in [0, 0.05) is 0 Å². The van der Waals surface area contributed by atoms with Crippen molar-refractivity contribution < 1.29 is 0 Å². The Hall–Kier alpha value is -0.105. The van der Waals surface area contributed by atoms with Crippen molar-refractivity contribution in [3.63, 3.8) is 0 Å². The number of rotatable bonds is 5. The fraction of sp³-hybridized carbons (Fsp3) is 0.810. The largest absolute Gasteiger partial charge is 0.182 e. The standard InChI is InChI=1S/C21H35BS/c1-16-7-4-8-20(15-16)18(3)12-11-17(2)19-9-5-13-21(22,23)14-6-10-19/h16,19-20,23H,2-15H2,1H3. The quantitative estimate of drug-likeness (QED) is 0.333. The summed E-state index contributed by atoms with van der Waals surface area (Å²) < 4.78 is -0.238. The fourth-order valence-corrected chi connectivity index (χ4v) is 4.84. The van der Waals surface area contributed by atoms with E-state index in [1.54, 1.807) is 0 Å². The normalized spacial score (nSPS) is 36.0. The highest BCUT2D eigenvalue weighted by atomic mass is 32.1. The van der Waals surface area contributed by atoms with Gasteiger partial charge in [0.05, 0.1) is 7.85 Å². The first-order chi connectivity index (χ1) is 10.9. The van der Waals surface area contributed by atoms with Gasteiger partial charge in [-0.05, 0) is 73.8 Å². The molecule has 23 heavy (non-hydrogen) atoms. The van der Waals surface area contributed by atoms with Crippen LogP contribution >= 0.6 is 12.6 Å². The van der Waals surface area contributed by atoms with Crippen LogP contribution in [0.5, 0.6) is 0 Å². The molecular weight excluding hydrogens is 295 g/mol. The molecule has 2 heteroatoms. The smallest absolute Gasteiger partial charge is 0.0889 e. The third-order valence-corrected chi connectivity index (χ3v) is 6.63. The van der Waals surface area contributed by atoms with Crippen molar-refractivity contribution in [1.29, 1.82) is 0 Å². The van der Waals surface area contributed by atoms with E-state index in [1.807, 2.05) is 0 Å². The molecule has 0 aliphatic heterocycles. The maximum absolute atomic E-state index is 6.19. The van der Waals surface area contributed by atoms with Gasteiger partial charge in [0.2, 0.25) is 0 Å². The van der Waals surface area contributed by atoms with E-state index in [9.17, 15) is 0 Å². The van der Waals surface area contributed by atoms with Crippen molar-refractivity contribution in [2.45, 2.75) is 88.6 Å². The Kier molecular flexibility index (Phi) is 7.38. The van der Waals surface area contributed by atoms with Crippen LogP contribution < -0.4 is 0 Å². The lowest BCUT2D eigenvalue weighted by Crippen LogP contribution is -2.24. The third-order valence-electron chi connectivity index (χ3n) is 6.18. The summed E-state index contributed by atoms with van der Waals surface area (Å²) in [5.41, 5.74) is 2.94. The molecular formula is C21H35BS. The van der Waals surface area contributed by atoms with E-state index in [0.29, 0.717) is 5.92 Å². The molecule has 0 heterocycles. The summed E-state index contributed by atoms with van der Waals surface area (Å²) in [5.74, 6) is 2.35. The van der Waals surface area contributed by atoms with E-state index in [-0.39, 0.29) is 4.65 Å². The number of thiol groups is 1. The maximum Gasteiger partial charge on any atom is 0.0889 e. The van der Waals surface area contributed by atoms with Crippen molar-refractivity contribution in [3.8, 4) is 0 Å². The second kappa shape index (κ2) is 8.83. The van der Waals surface area contributed by atoms with Crippen molar-refractivity contribution in [3.05, 3.63) is 24.3 Å². The first kappa shape index (κ1) is 19.2. The Morgan fingerprint density at radius 2 is 1.48 bits per heavy atom. The Balaban J connectivity index is 1.74. The van der Waals surface area contributed by atoms with Crippen LogP contribution in [-0.4, -0.2) is 12.5 Å². The molecule has 0 nitrogen and oxygen atoms in total. The molecule has 2 aliphatic rings. The highest BCUT2D eigenvalue weighted by molar-refractivity contribution is 7.83. The molecule has 2 radical (unpaired) electrons. The Morgan fingerprint density at radius 3 is 2.04 bits per heavy atom. The van der Waals surface area contributed by atoms with Gasteiger partial charge in [0.1, 0.15) is 0 Å². The number of hydrogen-bond acceptors (Lipinski definition) is 1. The van der Waals surface area contributed by atoms with Crippen LogP contribution in [0.4, 0.5) is 0 Å². The predicted molar refractivity (Wildman–Crippen MR) is 107 cm³/mol. The van der Waals surface area contributed by atoms with Crippen LogP contribution in [0.2, 0.25) is 0 Å². The highest BCUT2D eigenvalue weighted by Gasteiger charge is 2.24. The lowest BCUT2D eigenvalue weighted by atomic mass is 9.73. The van der Waals surface area contributed by atoms with Gasteiger partial charge in [-0.25, -0.2) is 0 Å². The number of hydrogen-bond donors (Lipinski definition) is 1. The van der Waals surface area contributed by atoms with Crippen LogP contribution in [0.3, 0.4) is 0 Å². The zero-order valence-corrected chi connectivity index (χ0v) is 16.1. The Bertz CT molecular complexity index is 400. The molecule has 0 amide bonds. The molecule has 0 spiro atoms. The van der Waals surface area contributed by atoms with Crippen molar-refractivity contribution >= 4 is 20.5 Å². The average molecular weight is 330 g/mol. The summed E-state index contributed by atoms with van der Waals surface area (Å²) in [6, 6.07) is 0. The summed E-state index contributed by atoms with van der Waals surface area (Å²) in [4.78, 5) is 0. The summed E-state index contributed by atoms with van der Waals surface area (Å²) in [5, 5.41) is 0. The molecule has 2 aliphatic carbocycles. The van der Waals surface area contributed by atoms with Crippen LogP contribution in [0.15, 0.2) is 24.3 Å². The minimum atomic E-state index is -0.238. The molecule has 0 N–H and O–H groups in total. The minimum Gasteiger partial charge on any atom is -0.182 e. The van der Waals surface area contributed by atoms with Crippen LogP contribution in [0.25, 0.3) is 0 Å². The van der Waals surface area contributed by atoms with Gasteiger partial charge in [0.25, 0.3) is 0 Å². The van der Waals surface area contributed by atoms with Gasteiger partial charge in [-0.3, -0.25) is 0 Å². The first-order valence-electron chi connectivity index (χ1n) is 9.74. The van der Waals surface area contributed by atoms with E-state index in [1.165, 1.54) is 62.5 Å². The fourth-order valence-electron chi connectivity index (χ4n) is 4.52. The molecule has 2 rings (SSSR count). The van der Waals surface area contributed by atoms with Crippen LogP contribution in [-0.2, 0) is 0 Å². The van der Waals surface area contributed by atoms with E-state index >= 15 is 0 Å². The van der Waals surface area contributed by atoms with Gasteiger partial charge in [-0.2, -0.15) is 12.6 Å². The molecule has 0 aromatic heterocycles. The van der Waals surface area contributed by atoms with E-state index in [2.05, 4.69) is 32.7 Å². The summed E-state index contributed by atoms with van der Waals surface area (Å²) in [6.45, 7) is 11.2. The third kappa shape index (κ3) is 6.37. The Morgan fingerprint density at radius 1 is 0.957 bits per heavy atom. The van der Waals surface area contributed by atoms with Crippen molar-refractivity contribution in [2.24, 2.45) is 17.8 Å². The average Bonchev–Trinajstić information content (AvgIpc) is 2.48. The zero-order chi connectivity index (χ0) is 16.9. The molecule has 2 fully saturated rings. The molecule has 0 aromatic carbocycles. The van der Waals surface area contributed by atoms with Gasteiger partial charge in [0.15, 0.2) is 0 Å². The zero-order valence-electron chi connectivity index (χ0n) is 15.2. The minimum absolute atomic E-state index is 0.238. The SMILES string of the molecule is [B]C1(S)CCCC(C(=C)CCC(=C)C2CCCC(C)C2)CCC1. The predicted octanol–water partition coefficient (Wildman–Crippen LogP) is 6.47. The molecule has 0 aromatic rings. The van der Waals surface area contributed by atoms with Crippen molar-refractivity contribution in [2.75, 3.05) is 0 Å². The molecule has 0 saturated heterocycles. The van der Waals surface area contributed by atoms with E-state index in [4.69, 9.17) is 7.85 Å².